The van der Waals surface area contributed by atoms with Crippen LogP contribution in [0.25, 0.3) is 0 Å². The molecule has 6 heteroatoms. The highest BCUT2D eigenvalue weighted by molar-refractivity contribution is 7.89. The molecule has 0 heterocycles. The third-order valence-corrected chi connectivity index (χ3v) is 2.78. The average Bonchev–Trinajstić information content (AvgIpc) is 2.31. The summed E-state index contributed by atoms with van der Waals surface area (Å²) < 4.78 is 30.3. The molecule has 0 saturated heterocycles. The highest BCUT2D eigenvalue weighted by atomic mass is 32.2. The number of nitrogens with zero attached hydrogens (tertiary/aromatic N) is 1. The van der Waals surface area contributed by atoms with E-state index in [4.69, 9.17) is 4.74 Å². The van der Waals surface area contributed by atoms with Gasteiger partial charge >= 0.3 is 5.97 Å². The first kappa shape index (κ1) is 17.8. The van der Waals surface area contributed by atoms with Crippen LogP contribution in [-0.4, -0.2) is 33.0 Å². The van der Waals surface area contributed by atoms with Crippen LogP contribution in [-0.2, 0) is 19.6 Å². The largest absolute Gasteiger partial charge is 0.461 e. The monoisotopic (exact) mass is 289 g/mol. The Morgan fingerprint density at radius 3 is 2.42 bits per heavy atom. The molecule has 0 aromatic rings. The lowest BCUT2D eigenvalue weighted by Crippen LogP contribution is -2.17. The lowest BCUT2D eigenvalue weighted by Gasteiger charge is -2.01. The third kappa shape index (κ3) is 10.4. The van der Waals surface area contributed by atoms with Crippen LogP contribution in [0.1, 0.15) is 46.0 Å². The minimum Gasteiger partial charge on any atom is -0.461 e. The van der Waals surface area contributed by atoms with Crippen LogP contribution in [0.4, 0.5) is 0 Å². The average molecular weight is 289 g/mol. The minimum absolute atomic E-state index is 0.167. The molecule has 0 radical (unpaired) electrons. The summed E-state index contributed by atoms with van der Waals surface area (Å²) in [5, 5.41) is 0. The van der Waals surface area contributed by atoms with Gasteiger partial charge in [-0.05, 0) is 25.8 Å². The van der Waals surface area contributed by atoms with Crippen LogP contribution >= 0.6 is 0 Å². The Balaban J connectivity index is 4.56. The topological polar surface area (TPSA) is 72.8 Å². The van der Waals surface area contributed by atoms with Crippen molar-refractivity contribution in [1.29, 1.82) is 0 Å². The van der Waals surface area contributed by atoms with E-state index in [9.17, 15) is 13.2 Å². The van der Waals surface area contributed by atoms with Gasteiger partial charge in [-0.15, -0.1) is 0 Å². The highest BCUT2D eigenvalue weighted by Gasteiger charge is 2.12. The summed E-state index contributed by atoms with van der Waals surface area (Å²) in [5.41, 5.74) is -0.167. The molecule has 19 heavy (non-hydrogen) atoms. The maximum absolute atomic E-state index is 11.5. The zero-order chi connectivity index (χ0) is 14.7. The number of hydrogen-bond acceptors (Lipinski definition) is 4. The fourth-order valence-corrected chi connectivity index (χ4v) is 1.90. The van der Waals surface area contributed by atoms with Gasteiger partial charge in [0.1, 0.15) is 0 Å². The first-order valence-corrected chi connectivity index (χ1v) is 8.39. The normalized spacial score (nSPS) is 12.9. The SMILES string of the molecule is CCCCCC/C=C/C(=N\S(C)(=O)=O)C(=O)OCC. The Labute approximate surface area is 115 Å². The molecule has 0 aliphatic heterocycles. The molecule has 0 aliphatic rings. The molecular formula is C13H23NO4S. The standard InChI is InChI=1S/C13H23NO4S/c1-4-6-7-8-9-10-11-12(13(15)18-5-2)14-19(3,16)17/h10-11H,4-9H2,1-3H3/b11-10+,14-12+. The Bertz CT molecular complexity index is 424. The molecule has 0 aliphatic carbocycles. The number of carbonyl (C=O) groups excluding carboxylic acids is 1. The molecule has 0 aromatic carbocycles. The Kier molecular flexibility index (Phi) is 9.12. The van der Waals surface area contributed by atoms with Crippen LogP contribution in [0, 0.1) is 0 Å². The van der Waals surface area contributed by atoms with E-state index in [1.807, 2.05) is 0 Å². The van der Waals surface area contributed by atoms with Gasteiger partial charge in [0.2, 0.25) is 0 Å². The van der Waals surface area contributed by atoms with E-state index in [-0.39, 0.29) is 12.3 Å². The molecule has 0 fully saturated rings. The van der Waals surface area contributed by atoms with Gasteiger partial charge in [-0.25, -0.2) is 13.2 Å². The summed E-state index contributed by atoms with van der Waals surface area (Å²) in [4.78, 5) is 11.5. The van der Waals surface area contributed by atoms with Gasteiger partial charge in [0.05, 0.1) is 12.9 Å². The van der Waals surface area contributed by atoms with Gasteiger partial charge in [-0.2, -0.15) is 4.40 Å². The number of hydrogen-bond donors (Lipinski definition) is 0. The van der Waals surface area contributed by atoms with Crippen molar-refractivity contribution in [3.8, 4) is 0 Å². The number of ether oxygens (including phenoxy) is 1. The molecule has 0 unspecified atom stereocenters. The smallest absolute Gasteiger partial charge is 0.357 e. The number of esters is 1. The molecule has 5 nitrogen and oxygen atoms in total. The molecule has 110 valence electrons. The molecule has 0 bridgehead atoms. The Morgan fingerprint density at radius 2 is 1.89 bits per heavy atom. The van der Waals surface area contributed by atoms with Crippen molar-refractivity contribution >= 4 is 21.7 Å². The predicted octanol–water partition coefficient (Wildman–Crippen LogP) is 2.48. The van der Waals surface area contributed by atoms with Gasteiger partial charge in [0, 0.05) is 0 Å². The van der Waals surface area contributed by atoms with Gasteiger partial charge in [-0.3, -0.25) is 0 Å². The van der Waals surface area contributed by atoms with Crippen LogP contribution in [0.2, 0.25) is 0 Å². The predicted molar refractivity (Wildman–Crippen MR) is 76.8 cm³/mol. The summed E-state index contributed by atoms with van der Waals surface area (Å²) >= 11 is 0. The van der Waals surface area contributed by atoms with Gasteiger partial charge < -0.3 is 4.74 Å². The van der Waals surface area contributed by atoms with Gasteiger partial charge in [0.15, 0.2) is 5.71 Å². The Hall–Kier alpha value is -1.17. The molecule has 0 rings (SSSR count). The molecule has 0 aromatic heterocycles. The second-order valence-corrected chi connectivity index (χ2v) is 5.83. The number of allylic oxidation sites excluding steroid dienone is 1. The van der Waals surface area contributed by atoms with Gasteiger partial charge in [-0.1, -0.05) is 32.3 Å². The summed E-state index contributed by atoms with van der Waals surface area (Å²) in [7, 11) is -3.60. The van der Waals surface area contributed by atoms with E-state index in [1.54, 1.807) is 13.0 Å². The van der Waals surface area contributed by atoms with Crippen molar-refractivity contribution < 1.29 is 17.9 Å². The Morgan fingerprint density at radius 1 is 1.21 bits per heavy atom. The van der Waals surface area contributed by atoms with E-state index in [2.05, 4.69) is 11.3 Å². The third-order valence-electron chi connectivity index (χ3n) is 2.25. The summed E-state index contributed by atoms with van der Waals surface area (Å²) in [5.74, 6) is -0.710. The van der Waals surface area contributed by atoms with E-state index in [0.29, 0.717) is 0 Å². The van der Waals surface area contributed by atoms with E-state index in [0.717, 1.165) is 31.9 Å². The number of unbranched alkanes of at least 4 members (excludes halogenated alkanes) is 4. The zero-order valence-electron chi connectivity index (χ0n) is 11.9. The first-order chi connectivity index (χ1) is 8.90. The summed E-state index contributed by atoms with van der Waals surface area (Å²) in [6.45, 7) is 3.98. The fourth-order valence-electron chi connectivity index (χ4n) is 1.40. The van der Waals surface area contributed by atoms with Gasteiger partial charge in [0.25, 0.3) is 10.0 Å². The fraction of sp³-hybridized carbons (Fsp3) is 0.692. The molecule has 0 amide bonds. The van der Waals surface area contributed by atoms with E-state index in [1.165, 1.54) is 12.5 Å². The first-order valence-electron chi connectivity index (χ1n) is 6.54. The van der Waals surface area contributed by atoms with Crippen molar-refractivity contribution in [3.05, 3.63) is 12.2 Å². The lowest BCUT2D eigenvalue weighted by atomic mass is 10.1. The van der Waals surface area contributed by atoms with Crippen molar-refractivity contribution in [2.75, 3.05) is 12.9 Å². The van der Waals surface area contributed by atoms with Crippen LogP contribution in [0.3, 0.4) is 0 Å². The van der Waals surface area contributed by atoms with Crippen molar-refractivity contribution in [1.82, 2.24) is 0 Å². The van der Waals surface area contributed by atoms with Crippen molar-refractivity contribution in [2.45, 2.75) is 46.0 Å². The number of sulfonamides is 1. The summed E-state index contributed by atoms with van der Waals surface area (Å²) in [6.07, 6.45) is 9.40. The zero-order valence-corrected chi connectivity index (χ0v) is 12.7. The highest BCUT2D eigenvalue weighted by Crippen LogP contribution is 2.03. The van der Waals surface area contributed by atoms with Crippen LogP contribution < -0.4 is 0 Å². The van der Waals surface area contributed by atoms with E-state index < -0.39 is 16.0 Å². The van der Waals surface area contributed by atoms with E-state index >= 15 is 0 Å². The number of carbonyl (C=O) groups is 1. The minimum atomic E-state index is -3.60. The van der Waals surface area contributed by atoms with Crippen molar-refractivity contribution in [3.63, 3.8) is 0 Å². The maximum Gasteiger partial charge on any atom is 0.357 e. The molecular weight excluding hydrogens is 266 g/mol. The number of rotatable bonds is 9. The summed E-state index contributed by atoms with van der Waals surface area (Å²) in [6, 6.07) is 0. The second kappa shape index (κ2) is 9.72. The van der Waals surface area contributed by atoms with Crippen LogP contribution in [0.5, 0.6) is 0 Å². The molecule has 0 spiro atoms. The van der Waals surface area contributed by atoms with Crippen LogP contribution in [0.15, 0.2) is 16.5 Å². The van der Waals surface area contributed by atoms with Crippen molar-refractivity contribution in [2.24, 2.45) is 4.40 Å². The second-order valence-electron chi connectivity index (χ2n) is 4.18. The molecule has 0 atom stereocenters. The molecule has 0 saturated carbocycles. The molecule has 0 N–H and O–H groups in total. The lowest BCUT2D eigenvalue weighted by molar-refractivity contribution is -0.134. The maximum atomic E-state index is 11.5. The quantitative estimate of drug-likeness (QED) is 0.371.